The van der Waals surface area contributed by atoms with Crippen LogP contribution >= 0.6 is 23.4 Å². The number of benzene rings is 3. The average Bonchev–Trinajstić information content (AvgIpc) is 3.35. The number of hydrogen-bond acceptors (Lipinski definition) is 7. The van der Waals surface area contributed by atoms with Gasteiger partial charge in [-0.1, -0.05) is 41.6 Å². The highest BCUT2D eigenvalue weighted by Crippen LogP contribution is 2.29. The molecule has 0 saturated heterocycles. The second-order valence-corrected chi connectivity index (χ2v) is 8.95. The zero-order chi connectivity index (χ0) is 25.5. The lowest BCUT2D eigenvalue weighted by Crippen LogP contribution is -2.21. The van der Waals surface area contributed by atoms with E-state index in [4.69, 9.17) is 21.1 Å². The zero-order valence-corrected chi connectivity index (χ0v) is 21.5. The maximum atomic E-state index is 12.6. The predicted molar refractivity (Wildman–Crippen MR) is 142 cm³/mol. The number of hydrazone groups is 1. The molecule has 0 aliphatic carbocycles. The quantitative estimate of drug-likeness (QED) is 0.184. The number of carbonyl (C=O) groups excluding carboxylic acids is 1. The normalized spacial score (nSPS) is 11.3. The van der Waals surface area contributed by atoms with Crippen LogP contribution in [0.15, 0.2) is 83.1 Å². The number of thioether (sulfide) groups is 1. The van der Waals surface area contributed by atoms with Crippen molar-refractivity contribution in [1.29, 1.82) is 0 Å². The van der Waals surface area contributed by atoms with Gasteiger partial charge in [-0.15, -0.1) is 10.2 Å². The largest absolute Gasteiger partial charge is 0.493 e. The van der Waals surface area contributed by atoms with E-state index >= 15 is 0 Å². The number of nitrogens with zero attached hydrogens (tertiary/aromatic N) is 4. The highest BCUT2D eigenvalue weighted by Gasteiger charge is 2.17. The van der Waals surface area contributed by atoms with E-state index in [-0.39, 0.29) is 11.7 Å². The van der Waals surface area contributed by atoms with E-state index in [1.54, 1.807) is 45.4 Å². The fraction of sp³-hybridized carbons (Fsp3) is 0.154. The molecule has 0 aliphatic heterocycles. The molecule has 0 unspecified atom stereocenters. The highest BCUT2D eigenvalue weighted by molar-refractivity contribution is 7.99. The van der Waals surface area contributed by atoms with Crippen LogP contribution in [0.3, 0.4) is 0 Å². The van der Waals surface area contributed by atoms with E-state index in [1.165, 1.54) is 11.8 Å². The fourth-order valence-corrected chi connectivity index (χ4v) is 4.26. The molecular weight excluding hydrogens is 498 g/mol. The van der Waals surface area contributed by atoms with Gasteiger partial charge >= 0.3 is 0 Å². The molecule has 0 bridgehead atoms. The van der Waals surface area contributed by atoms with Crippen molar-refractivity contribution >= 4 is 35.0 Å². The molecule has 184 valence electrons. The van der Waals surface area contributed by atoms with Crippen LogP contribution in [0.5, 0.6) is 11.5 Å². The second kappa shape index (κ2) is 11.7. The Kier molecular flexibility index (Phi) is 8.24. The van der Waals surface area contributed by atoms with Gasteiger partial charge in [0.1, 0.15) is 0 Å². The molecule has 1 aromatic heterocycles. The lowest BCUT2D eigenvalue weighted by Gasteiger charge is -2.10. The van der Waals surface area contributed by atoms with Crippen LogP contribution < -0.4 is 14.9 Å². The van der Waals surface area contributed by atoms with Gasteiger partial charge in [0.05, 0.1) is 25.7 Å². The first-order chi connectivity index (χ1) is 17.5. The van der Waals surface area contributed by atoms with Gasteiger partial charge in [0.25, 0.3) is 5.91 Å². The summed E-state index contributed by atoms with van der Waals surface area (Å²) in [6, 6.07) is 22.6. The maximum absolute atomic E-state index is 12.6. The molecule has 0 fully saturated rings. The third-order valence-electron chi connectivity index (χ3n) is 5.23. The molecule has 3 aromatic carbocycles. The van der Waals surface area contributed by atoms with Crippen molar-refractivity contribution in [1.82, 2.24) is 20.2 Å². The van der Waals surface area contributed by atoms with E-state index in [0.717, 1.165) is 16.8 Å². The molecular formula is C26H24ClN5O3S. The molecule has 4 aromatic rings. The van der Waals surface area contributed by atoms with Crippen molar-refractivity contribution in [3.63, 3.8) is 0 Å². The standard InChI is InChI=1S/C26H24ClN5O3S/c1-17(19-11-14-22(34-2)23(15-19)35-3)28-29-24(33)16-36-26-31-30-25(18-9-12-20(27)13-10-18)32(26)21-7-5-4-6-8-21/h4-15H,16H2,1-3H3,(H,29,33). The molecule has 8 nitrogen and oxygen atoms in total. The summed E-state index contributed by atoms with van der Waals surface area (Å²) in [5, 5.41) is 14.2. The molecule has 36 heavy (non-hydrogen) atoms. The summed E-state index contributed by atoms with van der Waals surface area (Å²) in [7, 11) is 3.15. The summed E-state index contributed by atoms with van der Waals surface area (Å²) in [5.41, 5.74) is 5.79. The van der Waals surface area contributed by atoms with Crippen molar-refractivity contribution in [3.8, 4) is 28.6 Å². The van der Waals surface area contributed by atoms with Crippen molar-refractivity contribution < 1.29 is 14.3 Å². The lowest BCUT2D eigenvalue weighted by atomic mass is 10.1. The van der Waals surface area contributed by atoms with Crippen molar-refractivity contribution in [3.05, 3.63) is 83.4 Å². The van der Waals surface area contributed by atoms with E-state index in [9.17, 15) is 4.79 Å². The van der Waals surface area contributed by atoms with Crippen LogP contribution in [-0.4, -0.2) is 46.4 Å². The Labute approximate surface area is 218 Å². The second-order valence-electron chi connectivity index (χ2n) is 7.57. The summed E-state index contributed by atoms with van der Waals surface area (Å²) < 4.78 is 12.5. The van der Waals surface area contributed by atoms with Gasteiger partial charge in [-0.2, -0.15) is 5.10 Å². The molecule has 0 radical (unpaired) electrons. The van der Waals surface area contributed by atoms with Crippen LogP contribution in [0.2, 0.25) is 5.02 Å². The topological polar surface area (TPSA) is 90.6 Å². The average molecular weight is 522 g/mol. The van der Waals surface area contributed by atoms with E-state index < -0.39 is 0 Å². The van der Waals surface area contributed by atoms with Gasteiger partial charge < -0.3 is 9.47 Å². The Hall–Kier alpha value is -3.82. The molecule has 1 N–H and O–H groups in total. The maximum Gasteiger partial charge on any atom is 0.250 e. The smallest absolute Gasteiger partial charge is 0.250 e. The third kappa shape index (κ3) is 5.87. The summed E-state index contributed by atoms with van der Waals surface area (Å²) in [6.07, 6.45) is 0. The van der Waals surface area contributed by atoms with Crippen LogP contribution in [0.25, 0.3) is 17.1 Å². The molecule has 1 heterocycles. The fourth-order valence-electron chi connectivity index (χ4n) is 3.39. The summed E-state index contributed by atoms with van der Waals surface area (Å²) in [5.74, 6) is 1.70. The molecule has 0 atom stereocenters. The van der Waals surface area contributed by atoms with Gasteiger partial charge in [0.2, 0.25) is 0 Å². The van der Waals surface area contributed by atoms with Crippen LogP contribution in [0.4, 0.5) is 0 Å². The Morgan fingerprint density at radius 2 is 1.72 bits per heavy atom. The number of amides is 1. The Balaban J connectivity index is 1.49. The number of nitrogens with one attached hydrogen (secondary N) is 1. The van der Waals surface area contributed by atoms with Crippen LogP contribution in [0.1, 0.15) is 12.5 Å². The summed E-state index contributed by atoms with van der Waals surface area (Å²) >= 11 is 7.32. The molecule has 10 heteroatoms. The van der Waals surface area contributed by atoms with Gasteiger partial charge in [0.15, 0.2) is 22.5 Å². The monoisotopic (exact) mass is 521 g/mol. The number of aromatic nitrogens is 3. The summed E-state index contributed by atoms with van der Waals surface area (Å²) in [6.45, 7) is 1.80. The van der Waals surface area contributed by atoms with Crippen molar-refractivity contribution in [2.45, 2.75) is 12.1 Å². The minimum absolute atomic E-state index is 0.105. The summed E-state index contributed by atoms with van der Waals surface area (Å²) in [4.78, 5) is 12.6. The van der Waals surface area contributed by atoms with E-state index in [1.807, 2.05) is 53.1 Å². The zero-order valence-electron chi connectivity index (χ0n) is 19.9. The van der Waals surface area contributed by atoms with Gasteiger partial charge in [-0.25, -0.2) is 5.43 Å². The van der Waals surface area contributed by atoms with Gasteiger partial charge in [-0.05, 0) is 61.5 Å². The molecule has 0 spiro atoms. The predicted octanol–water partition coefficient (Wildman–Crippen LogP) is 5.24. The molecule has 4 rings (SSSR count). The number of halogens is 1. The van der Waals surface area contributed by atoms with Crippen molar-refractivity contribution in [2.75, 3.05) is 20.0 Å². The SMILES string of the molecule is COc1ccc(C(C)=NNC(=O)CSc2nnc(-c3ccc(Cl)cc3)n2-c2ccccc2)cc1OC. The minimum Gasteiger partial charge on any atom is -0.493 e. The van der Waals surface area contributed by atoms with Crippen LogP contribution in [0, 0.1) is 0 Å². The Bertz CT molecular complexity index is 1370. The highest BCUT2D eigenvalue weighted by atomic mass is 35.5. The first-order valence-corrected chi connectivity index (χ1v) is 12.3. The number of carbonyl (C=O) groups is 1. The number of methoxy groups -OCH3 is 2. The van der Waals surface area contributed by atoms with Gasteiger partial charge in [-0.3, -0.25) is 9.36 Å². The first-order valence-electron chi connectivity index (χ1n) is 10.9. The first kappa shape index (κ1) is 25.3. The molecule has 0 saturated carbocycles. The number of hydrogen-bond donors (Lipinski definition) is 1. The number of rotatable bonds is 9. The minimum atomic E-state index is -0.268. The van der Waals surface area contributed by atoms with E-state index in [0.29, 0.717) is 33.2 Å². The van der Waals surface area contributed by atoms with Crippen molar-refractivity contribution in [2.24, 2.45) is 5.10 Å². The molecule has 0 aliphatic rings. The van der Waals surface area contributed by atoms with Gasteiger partial charge in [0, 0.05) is 21.8 Å². The van der Waals surface area contributed by atoms with E-state index in [2.05, 4.69) is 20.7 Å². The van der Waals surface area contributed by atoms with Crippen LogP contribution in [-0.2, 0) is 4.79 Å². The molecule has 1 amide bonds. The number of para-hydroxylation sites is 1. The Morgan fingerprint density at radius 1 is 1.00 bits per heavy atom. The Morgan fingerprint density at radius 3 is 2.42 bits per heavy atom. The third-order valence-corrected chi connectivity index (χ3v) is 6.41. The number of ether oxygens (including phenoxy) is 2. The lowest BCUT2D eigenvalue weighted by molar-refractivity contribution is -0.118.